The predicted octanol–water partition coefficient (Wildman–Crippen LogP) is 4.61. The summed E-state index contributed by atoms with van der Waals surface area (Å²) in [5.41, 5.74) is 3.17. The molecular weight excluding hydrogens is 380 g/mol. The Balaban J connectivity index is 1.26. The van der Waals surface area contributed by atoms with Crippen molar-refractivity contribution in [2.75, 3.05) is 18.4 Å². The van der Waals surface area contributed by atoms with Gasteiger partial charge in [-0.25, -0.2) is 9.97 Å². The topological polar surface area (TPSA) is 58.1 Å². The third-order valence-corrected chi connectivity index (χ3v) is 6.15. The van der Waals surface area contributed by atoms with E-state index in [0.717, 1.165) is 54.7 Å². The van der Waals surface area contributed by atoms with E-state index in [-0.39, 0.29) is 5.91 Å². The summed E-state index contributed by atoms with van der Waals surface area (Å²) in [4.78, 5) is 23.7. The second-order valence-corrected chi connectivity index (χ2v) is 8.48. The lowest BCUT2D eigenvalue weighted by molar-refractivity contribution is -0.131. The number of nitrogens with one attached hydrogen (secondary N) is 1. The van der Waals surface area contributed by atoms with Gasteiger partial charge in [0.25, 0.3) is 0 Å². The number of likely N-dealkylation sites (tertiary alicyclic amines) is 1. The summed E-state index contributed by atoms with van der Waals surface area (Å²) in [7, 11) is 0. The number of hydrogen-bond donors (Lipinski definition) is 1. The lowest BCUT2D eigenvalue weighted by Crippen LogP contribution is -2.39. The third-order valence-electron chi connectivity index (χ3n) is 5.34. The maximum Gasteiger partial charge on any atom is 0.228 e. The number of aryl methyl sites for hydroxylation is 1. The number of amides is 1. The number of carbonyl (C=O) groups is 1. The zero-order chi connectivity index (χ0) is 20.1. The van der Waals surface area contributed by atoms with Gasteiger partial charge in [-0.05, 0) is 49.8 Å². The van der Waals surface area contributed by atoms with Crippen LogP contribution in [0.4, 0.5) is 10.9 Å². The van der Waals surface area contributed by atoms with E-state index in [2.05, 4.69) is 45.6 Å². The largest absolute Gasteiger partial charge is 0.342 e. The van der Waals surface area contributed by atoms with E-state index >= 15 is 0 Å². The van der Waals surface area contributed by atoms with Gasteiger partial charge >= 0.3 is 0 Å². The summed E-state index contributed by atoms with van der Waals surface area (Å²) < 4.78 is 0. The normalized spacial score (nSPS) is 14.7. The molecule has 6 heteroatoms. The summed E-state index contributed by atoms with van der Waals surface area (Å²) in [5.74, 6) is 1.62. The summed E-state index contributed by atoms with van der Waals surface area (Å²) in [6.45, 7) is 3.65. The molecule has 0 bridgehead atoms. The van der Waals surface area contributed by atoms with Crippen molar-refractivity contribution in [3.8, 4) is 0 Å². The molecule has 29 heavy (non-hydrogen) atoms. The molecule has 0 aliphatic carbocycles. The van der Waals surface area contributed by atoms with Crippen LogP contribution in [0.1, 0.15) is 29.8 Å². The van der Waals surface area contributed by atoms with Crippen molar-refractivity contribution in [3.63, 3.8) is 0 Å². The Labute approximate surface area is 175 Å². The average molecular weight is 407 g/mol. The second-order valence-electron chi connectivity index (χ2n) is 7.62. The first-order valence-electron chi connectivity index (χ1n) is 10.1. The first kappa shape index (κ1) is 19.6. The van der Waals surface area contributed by atoms with Gasteiger partial charge in [-0.2, -0.15) is 0 Å². The van der Waals surface area contributed by atoms with Crippen molar-refractivity contribution in [2.24, 2.45) is 5.92 Å². The van der Waals surface area contributed by atoms with Crippen molar-refractivity contribution >= 4 is 28.2 Å². The molecule has 1 aliphatic rings. The Kier molecular flexibility index (Phi) is 6.20. The van der Waals surface area contributed by atoms with Crippen LogP contribution in [-0.4, -0.2) is 33.9 Å². The Morgan fingerprint density at radius 3 is 2.66 bits per heavy atom. The molecule has 0 saturated carbocycles. The monoisotopic (exact) mass is 406 g/mol. The number of carbonyl (C=O) groups excluding carboxylic acids is 1. The molecule has 0 unspecified atom stereocenters. The van der Waals surface area contributed by atoms with Crippen LogP contribution in [0.25, 0.3) is 0 Å². The van der Waals surface area contributed by atoms with Crippen LogP contribution in [0.3, 0.4) is 0 Å². The van der Waals surface area contributed by atoms with E-state index in [4.69, 9.17) is 0 Å². The third kappa shape index (κ3) is 5.41. The standard InChI is InChI=1S/C23H26N4OS/c1-17-6-5-9-21(24-17)26-23-25-20(16-29-23)15-22(28)27-12-10-19(11-13-27)14-18-7-3-2-4-8-18/h2-9,16,19H,10-15H2,1H3,(H,24,25,26). The van der Waals surface area contributed by atoms with Crippen LogP contribution >= 0.6 is 11.3 Å². The average Bonchev–Trinajstić information content (AvgIpc) is 3.16. The number of piperidine rings is 1. The predicted molar refractivity (Wildman–Crippen MR) is 118 cm³/mol. The molecule has 1 saturated heterocycles. The molecule has 0 atom stereocenters. The molecule has 1 aromatic carbocycles. The number of pyridine rings is 1. The highest BCUT2D eigenvalue weighted by molar-refractivity contribution is 7.13. The minimum atomic E-state index is 0.175. The number of nitrogens with zero attached hydrogens (tertiary/aromatic N) is 3. The van der Waals surface area contributed by atoms with Gasteiger partial charge in [-0.3, -0.25) is 4.79 Å². The van der Waals surface area contributed by atoms with Crippen LogP contribution in [0.5, 0.6) is 0 Å². The maximum absolute atomic E-state index is 12.7. The zero-order valence-corrected chi connectivity index (χ0v) is 17.5. The number of aromatic nitrogens is 2. The van der Waals surface area contributed by atoms with E-state index in [0.29, 0.717) is 12.3 Å². The number of benzene rings is 1. The van der Waals surface area contributed by atoms with Crippen LogP contribution in [0.15, 0.2) is 53.9 Å². The summed E-state index contributed by atoms with van der Waals surface area (Å²) in [6.07, 6.45) is 3.62. The Morgan fingerprint density at radius 2 is 1.90 bits per heavy atom. The Morgan fingerprint density at radius 1 is 1.10 bits per heavy atom. The lowest BCUT2D eigenvalue weighted by Gasteiger charge is -2.32. The smallest absolute Gasteiger partial charge is 0.228 e. The van der Waals surface area contributed by atoms with Crippen molar-refractivity contribution in [1.82, 2.24) is 14.9 Å². The molecule has 4 rings (SSSR count). The molecular formula is C23H26N4OS. The molecule has 3 heterocycles. The molecule has 1 amide bonds. The minimum Gasteiger partial charge on any atom is -0.342 e. The molecule has 5 nitrogen and oxygen atoms in total. The Bertz CT molecular complexity index is 948. The van der Waals surface area contributed by atoms with Gasteiger partial charge in [0, 0.05) is 24.2 Å². The van der Waals surface area contributed by atoms with Crippen molar-refractivity contribution in [2.45, 2.75) is 32.6 Å². The second kappa shape index (κ2) is 9.18. The summed E-state index contributed by atoms with van der Waals surface area (Å²) in [6, 6.07) is 16.5. The molecule has 3 aromatic rings. The van der Waals surface area contributed by atoms with E-state index in [1.54, 1.807) is 0 Å². The molecule has 1 fully saturated rings. The summed E-state index contributed by atoms with van der Waals surface area (Å²) >= 11 is 1.51. The number of hydrogen-bond acceptors (Lipinski definition) is 5. The van der Waals surface area contributed by atoms with Gasteiger partial charge in [-0.15, -0.1) is 11.3 Å². The fourth-order valence-corrected chi connectivity index (χ4v) is 4.49. The van der Waals surface area contributed by atoms with E-state index in [9.17, 15) is 4.79 Å². The number of thiazole rings is 1. The quantitative estimate of drug-likeness (QED) is 0.649. The maximum atomic E-state index is 12.7. The fraction of sp³-hybridized carbons (Fsp3) is 0.348. The van der Waals surface area contributed by atoms with Crippen molar-refractivity contribution < 1.29 is 4.79 Å². The first-order chi connectivity index (χ1) is 14.2. The molecule has 2 aromatic heterocycles. The Hall–Kier alpha value is -2.73. The fourth-order valence-electron chi connectivity index (χ4n) is 3.77. The van der Waals surface area contributed by atoms with Crippen molar-refractivity contribution in [3.05, 3.63) is 70.9 Å². The molecule has 1 N–H and O–H groups in total. The van der Waals surface area contributed by atoms with E-state index in [1.165, 1.54) is 16.9 Å². The number of anilines is 2. The van der Waals surface area contributed by atoms with Crippen LogP contribution < -0.4 is 5.32 Å². The van der Waals surface area contributed by atoms with Gasteiger partial charge in [0.1, 0.15) is 5.82 Å². The van der Waals surface area contributed by atoms with Crippen molar-refractivity contribution in [1.29, 1.82) is 0 Å². The summed E-state index contributed by atoms with van der Waals surface area (Å²) in [5, 5.41) is 5.95. The van der Waals surface area contributed by atoms with Gasteiger partial charge in [0.05, 0.1) is 12.1 Å². The first-order valence-corrected chi connectivity index (χ1v) is 11.0. The minimum absolute atomic E-state index is 0.175. The lowest BCUT2D eigenvalue weighted by atomic mass is 9.90. The molecule has 0 radical (unpaired) electrons. The molecule has 0 spiro atoms. The highest BCUT2D eigenvalue weighted by atomic mass is 32.1. The highest BCUT2D eigenvalue weighted by Gasteiger charge is 2.23. The van der Waals surface area contributed by atoms with Gasteiger partial charge < -0.3 is 10.2 Å². The van der Waals surface area contributed by atoms with Gasteiger partial charge in [0.15, 0.2) is 5.13 Å². The SMILES string of the molecule is Cc1cccc(Nc2nc(CC(=O)N3CCC(Cc4ccccc4)CC3)cs2)n1. The van der Waals surface area contributed by atoms with Crippen LogP contribution in [0.2, 0.25) is 0 Å². The van der Waals surface area contributed by atoms with Gasteiger partial charge in [-0.1, -0.05) is 36.4 Å². The van der Waals surface area contributed by atoms with E-state index < -0.39 is 0 Å². The van der Waals surface area contributed by atoms with E-state index in [1.807, 2.05) is 35.4 Å². The zero-order valence-electron chi connectivity index (χ0n) is 16.7. The van der Waals surface area contributed by atoms with Gasteiger partial charge in [0.2, 0.25) is 5.91 Å². The highest BCUT2D eigenvalue weighted by Crippen LogP contribution is 2.24. The van der Waals surface area contributed by atoms with Crippen LogP contribution in [-0.2, 0) is 17.6 Å². The molecule has 1 aliphatic heterocycles. The van der Waals surface area contributed by atoms with Crippen LogP contribution in [0, 0.1) is 12.8 Å². The number of rotatable bonds is 6. The molecule has 150 valence electrons.